The lowest BCUT2D eigenvalue weighted by molar-refractivity contribution is 0.773. The monoisotopic (exact) mass is 458 g/mol. The summed E-state index contributed by atoms with van der Waals surface area (Å²) in [6, 6.07) is 8.66. The Hall–Kier alpha value is -2.81. The van der Waals surface area contributed by atoms with E-state index >= 15 is 0 Å². The summed E-state index contributed by atoms with van der Waals surface area (Å²) in [4.78, 5) is 17.7. The van der Waals surface area contributed by atoms with Crippen molar-refractivity contribution >= 4 is 52.7 Å². The molecule has 3 heterocycles. The van der Waals surface area contributed by atoms with Crippen LogP contribution in [0.4, 0.5) is 0 Å². The van der Waals surface area contributed by atoms with Crippen molar-refractivity contribution in [2.75, 3.05) is 0 Å². The van der Waals surface area contributed by atoms with Gasteiger partial charge in [-0.25, -0.2) is 10.1 Å². The van der Waals surface area contributed by atoms with Gasteiger partial charge in [-0.1, -0.05) is 29.3 Å². The van der Waals surface area contributed by atoms with Crippen LogP contribution in [-0.4, -0.2) is 30.6 Å². The SMILES string of the molecule is CCn1cc(-c2n[nH]c(=S)n2/N=C/c2ccc(Cl)cc2Cl)c(=O)c2ccc(C)nc21. The number of fused-ring (bicyclic) bond motifs is 1. The van der Waals surface area contributed by atoms with Crippen LogP contribution in [0.2, 0.25) is 10.0 Å². The van der Waals surface area contributed by atoms with Gasteiger partial charge in [0.15, 0.2) is 5.82 Å². The fourth-order valence-electron chi connectivity index (χ4n) is 3.06. The molecule has 7 nitrogen and oxygen atoms in total. The van der Waals surface area contributed by atoms with Crippen LogP contribution in [0.5, 0.6) is 0 Å². The Bertz CT molecular complexity index is 1420. The third-order valence-corrected chi connectivity index (χ3v) is 5.39. The molecule has 4 aromatic rings. The molecule has 152 valence electrons. The Morgan fingerprint density at radius 1 is 1.27 bits per heavy atom. The smallest absolute Gasteiger partial charge is 0.216 e. The second-order valence-electron chi connectivity index (χ2n) is 6.56. The van der Waals surface area contributed by atoms with Crippen molar-refractivity contribution in [3.8, 4) is 11.4 Å². The maximum atomic E-state index is 13.2. The molecule has 0 aliphatic heterocycles. The molecule has 0 bridgehead atoms. The van der Waals surface area contributed by atoms with Gasteiger partial charge in [-0.05, 0) is 50.3 Å². The third-order valence-electron chi connectivity index (χ3n) is 4.57. The van der Waals surface area contributed by atoms with Gasteiger partial charge in [0.05, 0.1) is 22.2 Å². The van der Waals surface area contributed by atoms with Gasteiger partial charge in [0, 0.05) is 29.0 Å². The quantitative estimate of drug-likeness (QED) is 0.350. The number of aryl methyl sites for hydroxylation is 2. The zero-order valence-corrected chi connectivity index (χ0v) is 18.4. The van der Waals surface area contributed by atoms with Gasteiger partial charge < -0.3 is 4.57 Å². The van der Waals surface area contributed by atoms with E-state index in [0.717, 1.165) is 5.69 Å². The van der Waals surface area contributed by atoms with Crippen LogP contribution in [-0.2, 0) is 6.54 Å². The number of nitrogens with one attached hydrogen (secondary N) is 1. The number of nitrogens with zero attached hydrogens (tertiary/aromatic N) is 5. The fraction of sp³-hybridized carbons (Fsp3) is 0.150. The molecular formula is C20H16Cl2N6OS. The number of hydrogen-bond acceptors (Lipinski definition) is 5. The van der Waals surface area contributed by atoms with Gasteiger partial charge >= 0.3 is 0 Å². The molecule has 0 spiro atoms. The Balaban J connectivity index is 1.89. The van der Waals surface area contributed by atoms with E-state index in [4.69, 9.17) is 35.4 Å². The normalized spacial score (nSPS) is 11.6. The van der Waals surface area contributed by atoms with Crippen molar-refractivity contribution in [1.82, 2.24) is 24.4 Å². The van der Waals surface area contributed by atoms with Crippen molar-refractivity contribution < 1.29 is 0 Å². The summed E-state index contributed by atoms with van der Waals surface area (Å²) >= 11 is 17.5. The summed E-state index contributed by atoms with van der Waals surface area (Å²) < 4.78 is 3.54. The number of H-pyrrole nitrogens is 1. The summed E-state index contributed by atoms with van der Waals surface area (Å²) in [7, 11) is 0. The number of rotatable bonds is 4. The summed E-state index contributed by atoms with van der Waals surface area (Å²) in [5.41, 5.74) is 2.28. The highest BCUT2D eigenvalue weighted by atomic mass is 35.5. The van der Waals surface area contributed by atoms with Crippen molar-refractivity contribution in [2.24, 2.45) is 5.10 Å². The molecule has 0 aliphatic carbocycles. The van der Waals surface area contributed by atoms with Crippen molar-refractivity contribution in [1.29, 1.82) is 0 Å². The number of aromatic nitrogens is 5. The second-order valence-corrected chi connectivity index (χ2v) is 7.79. The zero-order valence-electron chi connectivity index (χ0n) is 16.1. The van der Waals surface area contributed by atoms with Crippen LogP contribution in [0.3, 0.4) is 0 Å². The third kappa shape index (κ3) is 3.69. The van der Waals surface area contributed by atoms with E-state index in [1.165, 1.54) is 10.9 Å². The molecule has 1 aromatic carbocycles. The largest absolute Gasteiger partial charge is 0.332 e. The highest BCUT2D eigenvalue weighted by molar-refractivity contribution is 7.71. The van der Waals surface area contributed by atoms with E-state index in [1.54, 1.807) is 30.5 Å². The second kappa shape index (κ2) is 8.14. The molecule has 0 radical (unpaired) electrons. The van der Waals surface area contributed by atoms with E-state index in [9.17, 15) is 4.79 Å². The molecule has 0 atom stereocenters. The van der Waals surface area contributed by atoms with E-state index in [0.29, 0.717) is 44.6 Å². The van der Waals surface area contributed by atoms with Gasteiger partial charge in [0.2, 0.25) is 10.2 Å². The van der Waals surface area contributed by atoms with Crippen LogP contribution in [0.1, 0.15) is 18.2 Å². The van der Waals surface area contributed by atoms with Crippen LogP contribution in [0.15, 0.2) is 46.4 Å². The zero-order chi connectivity index (χ0) is 21.4. The molecule has 1 N–H and O–H groups in total. The molecule has 0 aliphatic rings. The minimum Gasteiger partial charge on any atom is -0.332 e. The highest BCUT2D eigenvalue weighted by Gasteiger charge is 2.17. The lowest BCUT2D eigenvalue weighted by atomic mass is 10.1. The topological polar surface area (TPSA) is 80.9 Å². The number of benzene rings is 1. The predicted octanol–water partition coefficient (Wildman–Crippen LogP) is 4.83. The Labute approximate surface area is 186 Å². The van der Waals surface area contributed by atoms with Crippen LogP contribution in [0.25, 0.3) is 22.4 Å². The first-order chi connectivity index (χ1) is 14.4. The Kier molecular flexibility index (Phi) is 5.55. The Morgan fingerprint density at radius 3 is 2.80 bits per heavy atom. The molecule has 4 rings (SSSR count). The maximum absolute atomic E-state index is 13.2. The molecule has 0 unspecified atom stereocenters. The lowest BCUT2D eigenvalue weighted by Gasteiger charge is -2.11. The molecule has 0 saturated carbocycles. The van der Waals surface area contributed by atoms with Gasteiger partial charge in [0.25, 0.3) is 0 Å². The Morgan fingerprint density at radius 2 is 2.07 bits per heavy atom. The van der Waals surface area contributed by atoms with Crippen molar-refractivity contribution in [3.05, 3.63) is 72.8 Å². The predicted molar refractivity (Wildman–Crippen MR) is 122 cm³/mol. The van der Waals surface area contributed by atoms with E-state index < -0.39 is 0 Å². The molecule has 0 amide bonds. The molecule has 10 heteroatoms. The van der Waals surface area contributed by atoms with Gasteiger partial charge in [0.1, 0.15) is 5.65 Å². The first-order valence-electron chi connectivity index (χ1n) is 9.07. The molecule has 0 saturated heterocycles. The van der Waals surface area contributed by atoms with Crippen LogP contribution >= 0.6 is 35.4 Å². The minimum absolute atomic E-state index is 0.197. The molecule has 30 heavy (non-hydrogen) atoms. The first kappa shape index (κ1) is 20.5. The fourth-order valence-corrected chi connectivity index (χ4v) is 3.70. The summed E-state index contributed by atoms with van der Waals surface area (Å²) in [6.07, 6.45) is 3.27. The van der Waals surface area contributed by atoms with E-state index in [-0.39, 0.29) is 10.2 Å². The molecule has 0 fully saturated rings. The molecule has 3 aromatic heterocycles. The average Bonchev–Trinajstić information content (AvgIpc) is 3.08. The minimum atomic E-state index is -0.197. The maximum Gasteiger partial charge on any atom is 0.216 e. The first-order valence-corrected chi connectivity index (χ1v) is 10.2. The highest BCUT2D eigenvalue weighted by Crippen LogP contribution is 2.21. The summed E-state index contributed by atoms with van der Waals surface area (Å²) in [6.45, 7) is 4.50. The van der Waals surface area contributed by atoms with Crippen LogP contribution < -0.4 is 5.43 Å². The van der Waals surface area contributed by atoms with Gasteiger partial charge in [-0.15, -0.1) is 0 Å². The number of halogens is 2. The summed E-state index contributed by atoms with van der Waals surface area (Å²) in [5, 5.41) is 12.8. The molecular weight excluding hydrogens is 443 g/mol. The summed E-state index contributed by atoms with van der Waals surface area (Å²) in [5.74, 6) is 0.302. The number of hydrogen-bond donors (Lipinski definition) is 1. The van der Waals surface area contributed by atoms with Crippen LogP contribution in [0, 0.1) is 11.7 Å². The van der Waals surface area contributed by atoms with Crippen molar-refractivity contribution in [3.63, 3.8) is 0 Å². The van der Waals surface area contributed by atoms with E-state index in [2.05, 4.69) is 20.3 Å². The van der Waals surface area contributed by atoms with E-state index in [1.807, 2.05) is 24.5 Å². The van der Waals surface area contributed by atoms with Crippen molar-refractivity contribution in [2.45, 2.75) is 20.4 Å². The average molecular weight is 459 g/mol. The van der Waals surface area contributed by atoms with Gasteiger partial charge in [-0.3, -0.25) is 4.79 Å². The standard InChI is InChI=1S/C20H16Cl2N6OS/c1-3-27-10-15(17(29)14-7-4-11(2)24-18(14)27)19-25-26-20(30)28(19)23-9-12-5-6-13(21)8-16(12)22/h4-10H,3H2,1-2H3,(H,26,30)/b23-9+. The number of aromatic amines is 1. The van der Waals surface area contributed by atoms with Gasteiger partial charge in [-0.2, -0.15) is 14.9 Å². The lowest BCUT2D eigenvalue weighted by Crippen LogP contribution is -2.15. The number of pyridine rings is 2.